The van der Waals surface area contributed by atoms with Crippen LogP contribution in [-0.2, 0) is 26.0 Å². The van der Waals surface area contributed by atoms with Crippen LogP contribution < -0.4 is 24.4 Å². The molecule has 2 atom stereocenters. The van der Waals surface area contributed by atoms with Gasteiger partial charge in [-0.2, -0.15) is 4.72 Å². The summed E-state index contributed by atoms with van der Waals surface area (Å²) >= 11 is 0. The van der Waals surface area contributed by atoms with Gasteiger partial charge in [-0.15, -0.1) is 0 Å². The molecule has 2 N–H and O–H groups in total. The summed E-state index contributed by atoms with van der Waals surface area (Å²) < 4.78 is 40.4. The number of benzene rings is 2. The number of sulfonamides is 1. The molecule has 0 aromatic heterocycles. The van der Waals surface area contributed by atoms with Gasteiger partial charge in [0.15, 0.2) is 11.5 Å². The zero-order valence-corrected chi connectivity index (χ0v) is 20.9. The summed E-state index contributed by atoms with van der Waals surface area (Å²) in [5.74, 6) is 0.534. The van der Waals surface area contributed by atoms with Gasteiger partial charge in [-0.1, -0.05) is 32.9 Å². The third kappa shape index (κ3) is 5.43. The number of ether oxygens (including phenoxy) is 2. The van der Waals surface area contributed by atoms with Crippen LogP contribution in [0.2, 0.25) is 0 Å². The summed E-state index contributed by atoms with van der Waals surface area (Å²) in [4.78, 5) is 26.8. The lowest BCUT2D eigenvalue weighted by Gasteiger charge is -2.28. The minimum absolute atomic E-state index is 0.00450. The Morgan fingerprint density at radius 3 is 2.60 bits per heavy atom. The van der Waals surface area contributed by atoms with E-state index in [-0.39, 0.29) is 36.0 Å². The first-order valence-corrected chi connectivity index (χ1v) is 13.3. The van der Waals surface area contributed by atoms with Gasteiger partial charge in [0, 0.05) is 18.7 Å². The molecule has 0 saturated heterocycles. The predicted molar refractivity (Wildman–Crippen MR) is 131 cm³/mol. The predicted octanol–water partition coefficient (Wildman–Crippen LogP) is 2.24. The van der Waals surface area contributed by atoms with E-state index in [0.717, 1.165) is 11.3 Å². The average molecular weight is 502 g/mol. The highest BCUT2D eigenvalue weighted by atomic mass is 32.2. The van der Waals surface area contributed by atoms with Crippen molar-refractivity contribution in [1.29, 1.82) is 0 Å². The summed E-state index contributed by atoms with van der Waals surface area (Å²) in [7, 11) is -3.97. The standard InChI is InChI=1S/C25H31N3O6S/c1-4-23(29)28-12-11-17-13-19(9-10-20(17)28)35(31,32)27-24(16(2)3)25(30)26-14-18-15-33-21-7-5-6-8-22(21)34-18/h5-10,13,16,18,24,27H,4,11-12,14-15H2,1-3H3,(H,26,30)/t18-,24-/m1/s1. The maximum atomic E-state index is 13.1. The Labute approximate surface area is 205 Å². The molecule has 0 fully saturated rings. The largest absolute Gasteiger partial charge is 0.486 e. The molecule has 2 amide bonds. The van der Waals surface area contributed by atoms with E-state index in [0.29, 0.717) is 30.9 Å². The first kappa shape index (κ1) is 25.0. The molecule has 4 rings (SSSR count). The van der Waals surface area contributed by atoms with Gasteiger partial charge in [-0.05, 0) is 48.2 Å². The normalized spacial score (nSPS) is 17.7. The molecule has 188 valence electrons. The van der Waals surface area contributed by atoms with Gasteiger partial charge < -0.3 is 19.7 Å². The van der Waals surface area contributed by atoms with E-state index in [1.807, 2.05) is 18.2 Å². The van der Waals surface area contributed by atoms with Crippen LogP contribution in [0.4, 0.5) is 5.69 Å². The highest BCUT2D eigenvalue weighted by Crippen LogP contribution is 2.32. The van der Waals surface area contributed by atoms with Gasteiger partial charge in [0.05, 0.1) is 11.4 Å². The van der Waals surface area contributed by atoms with Crippen molar-refractivity contribution in [2.75, 3.05) is 24.6 Å². The van der Waals surface area contributed by atoms with E-state index in [1.54, 1.807) is 43.9 Å². The minimum atomic E-state index is -3.97. The van der Waals surface area contributed by atoms with Gasteiger partial charge in [0.1, 0.15) is 18.8 Å². The molecule has 10 heteroatoms. The maximum absolute atomic E-state index is 13.1. The Bertz CT molecular complexity index is 1210. The first-order valence-electron chi connectivity index (χ1n) is 11.8. The molecule has 9 nitrogen and oxygen atoms in total. The zero-order chi connectivity index (χ0) is 25.2. The quantitative estimate of drug-likeness (QED) is 0.574. The van der Waals surface area contributed by atoms with Crippen LogP contribution >= 0.6 is 0 Å². The number of anilines is 1. The van der Waals surface area contributed by atoms with Crippen molar-refractivity contribution in [3.63, 3.8) is 0 Å². The van der Waals surface area contributed by atoms with E-state index in [2.05, 4.69) is 10.0 Å². The number of nitrogens with zero attached hydrogens (tertiary/aromatic N) is 1. The lowest BCUT2D eigenvalue weighted by atomic mass is 10.1. The van der Waals surface area contributed by atoms with E-state index in [9.17, 15) is 18.0 Å². The number of carbonyl (C=O) groups excluding carboxylic acids is 2. The first-order chi connectivity index (χ1) is 16.7. The summed E-state index contributed by atoms with van der Waals surface area (Å²) in [5, 5.41) is 2.79. The minimum Gasteiger partial charge on any atom is -0.486 e. The number of amides is 2. The smallest absolute Gasteiger partial charge is 0.241 e. The molecular weight excluding hydrogens is 470 g/mol. The topological polar surface area (TPSA) is 114 Å². The molecule has 0 unspecified atom stereocenters. The number of hydrogen-bond donors (Lipinski definition) is 2. The fourth-order valence-electron chi connectivity index (χ4n) is 4.21. The van der Waals surface area contributed by atoms with Gasteiger partial charge in [0.25, 0.3) is 0 Å². The van der Waals surface area contributed by atoms with Crippen molar-refractivity contribution in [2.24, 2.45) is 5.92 Å². The molecule has 2 aliphatic rings. The Morgan fingerprint density at radius 1 is 1.14 bits per heavy atom. The summed E-state index contributed by atoms with van der Waals surface area (Å²) in [6.45, 7) is 6.35. The van der Waals surface area contributed by atoms with Crippen molar-refractivity contribution in [3.05, 3.63) is 48.0 Å². The Morgan fingerprint density at radius 2 is 1.89 bits per heavy atom. The Balaban J connectivity index is 1.41. The molecule has 0 aliphatic carbocycles. The second kappa shape index (κ2) is 10.2. The van der Waals surface area contributed by atoms with Crippen LogP contribution in [-0.4, -0.2) is 52.1 Å². The fraction of sp³-hybridized carbons (Fsp3) is 0.440. The zero-order valence-electron chi connectivity index (χ0n) is 20.1. The van der Waals surface area contributed by atoms with E-state index >= 15 is 0 Å². The van der Waals surface area contributed by atoms with E-state index < -0.39 is 22.0 Å². The van der Waals surface area contributed by atoms with Crippen molar-refractivity contribution < 1.29 is 27.5 Å². The number of fused-ring (bicyclic) bond motifs is 2. The van der Waals surface area contributed by atoms with Gasteiger partial charge in [-0.3, -0.25) is 9.59 Å². The molecule has 2 aromatic carbocycles. The van der Waals surface area contributed by atoms with Gasteiger partial charge >= 0.3 is 0 Å². The van der Waals surface area contributed by atoms with Crippen molar-refractivity contribution >= 4 is 27.5 Å². The number of rotatable bonds is 8. The molecule has 2 aliphatic heterocycles. The molecular formula is C25H31N3O6S. The van der Waals surface area contributed by atoms with E-state index in [1.165, 1.54) is 6.07 Å². The van der Waals surface area contributed by atoms with Crippen molar-refractivity contribution in [3.8, 4) is 11.5 Å². The number of hydrogen-bond acceptors (Lipinski definition) is 6. The second-order valence-electron chi connectivity index (χ2n) is 9.03. The molecule has 0 radical (unpaired) electrons. The molecule has 0 spiro atoms. The lowest BCUT2D eigenvalue weighted by molar-refractivity contribution is -0.124. The third-order valence-corrected chi connectivity index (χ3v) is 7.60. The summed E-state index contributed by atoms with van der Waals surface area (Å²) in [5.41, 5.74) is 1.54. The van der Waals surface area contributed by atoms with Crippen LogP contribution in [0.1, 0.15) is 32.8 Å². The van der Waals surface area contributed by atoms with E-state index in [4.69, 9.17) is 9.47 Å². The van der Waals surface area contributed by atoms with Crippen LogP contribution in [0.3, 0.4) is 0 Å². The van der Waals surface area contributed by atoms with Crippen LogP contribution in [0.15, 0.2) is 47.4 Å². The third-order valence-electron chi connectivity index (χ3n) is 6.16. The highest BCUT2D eigenvalue weighted by Gasteiger charge is 2.31. The highest BCUT2D eigenvalue weighted by molar-refractivity contribution is 7.89. The number of nitrogens with one attached hydrogen (secondary N) is 2. The number of para-hydroxylation sites is 2. The average Bonchev–Trinajstić information content (AvgIpc) is 3.28. The Hall–Kier alpha value is -3.11. The van der Waals surface area contributed by atoms with Gasteiger partial charge in [0.2, 0.25) is 21.8 Å². The summed E-state index contributed by atoms with van der Waals surface area (Å²) in [6.07, 6.45) is 0.589. The Kier molecular flexibility index (Phi) is 7.32. The van der Waals surface area contributed by atoms with Crippen molar-refractivity contribution in [2.45, 2.75) is 50.7 Å². The second-order valence-corrected chi connectivity index (χ2v) is 10.7. The SMILES string of the molecule is CCC(=O)N1CCc2cc(S(=O)(=O)N[C@@H](C(=O)NC[C@@H]3COc4ccccc4O3)C(C)C)ccc21. The molecule has 0 saturated carbocycles. The van der Waals surface area contributed by atoms with Crippen LogP contribution in [0.5, 0.6) is 11.5 Å². The molecule has 35 heavy (non-hydrogen) atoms. The molecule has 2 heterocycles. The fourth-order valence-corrected chi connectivity index (χ4v) is 5.60. The van der Waals surface area contributed by atoms with Crippen LogP contribution in [0.25, 0.3) is 0 Å². The van der Waals surface area contributed by atoms with Gasteiger partial charge in [-0.25, -0.2) is 8.42 Å². The number of carbonyl (C=O) groups is 2. The summed E-state index contributed by atoms with van der Waals surface area (Å²) in [6, 6.07) is 11.0. The van der Waals surface area contributed by atoms with Crippen molar-refractivity contribution in [1.82, 2.24) is 10.0 Å². The lowest BCUT2D eigenvalue weighted by Crippen LogP contribution is -2.52. The molecule has 0 bridgehead atoms. The molecule has 2 aromatic rings. The monoisotopic (exact) mass is 501 g/mol. The maximum Gasteiger partial charge on any atom is 0.241 e. The van der Waals surface area contributed by atoms with Crippen LogP contribution in [0, 0.1) is 5.92 Å².